The van der Waals surface area contributed by atoms with Crippen molar-refractivity contribution in [2.75, 3.05) is 32.1 Å². The Morgan fingerprint density at radius 1 is 1.10 bits per heavy atom. The molecule has 1 heterocycles. The third kappa shape index (κ3) is 4.57. The summed E-state index contributed by atoms with van der Waals surface area (Å²) in [6.07, 6.45) is 1.68. The van der Waals surface area contributed by atoms with Crippen molar-refractivity contribution in [2.24, 2.45) is 10.4 Å². The molecule has 0 radical (unpaired) electrons. The van der Waals surface area contributed by atoms with Crippen LogP contribution >= 0.6 is 11.6 Å². The van der Waals surface area contributed by atoms with E-state index in [1.54, 1.807) is 42.6 Å². The van der Waals surface area contributed by atoms with Gasteiger partial charge in [-0.05, 0) is 43.3 Å². The van der Waals surface area contributed by atoms with Crippen LogP contribution in [0.3, 0.4) is 0 Å². The van der Waals surface area contributed by atoms with E-state index in [1.807, 2.05) is 26.2 Å². The summed E-state index contributed by atoms with van der Waals surface area (Å²) < 4.78 is 0. The van der Waals surface area contributed by atoms with Crippen molar-refractivity contribution < 1.29 is 9.59 Å². The topological polar surface area (TPSA) is 53.0 Å². The van der Waals surface area contributed by atoms with Crippen LogP contribution < -0.4 is 4.90 Å². The van der Waals surface area contributed by atoms with Gasteiger partial charge in [-0.25, -0.2) is 4.90 Å². The van der Waals surface area contributed by atoms with Crippen LogP contribution in [0.15, 0.2) is 53.5 Å². The maximum absolute atomic E-state index is 13.3. The number of hydrogen-bond donors (Lipinski definition) is 0. The Kier molecular flexibility index (Phi) is 6.20. The van der Waals surface area contributed by atoms with E-state index in [0.29, 0.717) is 28.4 Å². The van der Waals surface area contributed by atoms with Gasteiger partial charge in [-0.3, -0.25) is 14.6 Å². The zero-order chi connectivity index (χ0) is 21.2. The second kappa shape index (κ2) is 8.47. The van der Waals surface area contributed by atoms with E-state index in [1.165, 1.54) is 4.90 Å². The molecule has 0 aromatic heterocycles. The average molecular weight is 412 g/mol. The molecule has 5 nitrogen and oxygen atoms in total. The van der Waals surface area contributed by atoms with E-state index in [0.717, 1.165) is 6.54 Å². The average Bonchev–Trinajstić information content (AvgIpc) is 2.65. The highest BCUT2D eigenvalue weighted by molar-refractivity contribution is 6.37. The molecule has 0 N–H and O–H groups in total. The first-order chi connectivity index (χ1) is 13.7. The molecule has 0 saturated heterocycles. The van der Waals surface area contributed by atoms with Crippen LogP contribution in [0.5, 0.6) is 0 Å². The summed E-state index contributed by atoms with van der Waals surface area (Å²) in [6, 6.07) is 14.1. The van der Waals surface area contributed by atoms with Crippen molar-refractivity contribution in [3.63, 3.8) is 0 Å². The predicted octanol–water partition coefficient (Wildman–Crippen LogP) is 4.27. The van der Waals surface area contributed by atoms with Crippen LogP contribution in [0.4, 0.5) is 5.69 Å². The van der Waals surface area contributed by atoms with Crippen LogP contribution in [0.2, 0.25) is 5.02 Å². The van der Waals surface area contributed by atoms with Crippen molar-refractivity contribution in [3.05, 3.63) is 64.7 Å². The zero-order valence-electron chi connectivity index (χ0n) is 17.2. The molecule has 2 aromatic rings. The van der Waals surface area contributed by atoms with Crippen molar-refractivity contribution in [3.8, 4) is 0 Å². The first kappa shape index (κ1) is 21.2. The smallest absolute Gasteiger partial charge is 0.265 e. The summed E-state index contributed by atoms with van der Waals surface area (Å²) in [5, 5.41) is 0.358. The number of anilines is 1. The Morgan fingerprint density at radius 3 is 2.45 bits per heavy atom. The van der Waals surface area contributed by atoms with Gasteiger partial charge in [0, 0.05) is 24.9 Å². The lowest BCUT2D eigenvalue weighted by Crippen LogP contribution is -2.45. The fourth-order valence-corrected chi connectivity index (χ4v) is 3.99. The summed E-state index contributed by atoms with van der Waals surface area (Å²) in [6.45, 7) is 5.74. The van der Waals surface area contributed by atoms with Crippen LogP contribution in [0, 0.1) is 5.41 Å². The SMILES string of the molecule is CN(C)CC(C)(C)CN=CC1C(=O)N(c2ccccc2Cl)C(=O)c2ccccc21. The third-order valence-corrected chi connectivity index (χ3v) is 5.15. The standard InChI is InChI=1S/C23H26ClN3O2/c1-23(2,15-26(3)4)14-25-13-18-16-9-5-6-10-17(16)21(28)27(22(18)29)20-12-8-7-11-19(20)24/h5-13,18H,14-15H2,1-4H3. The van der Waals surface area contributed by atoms with Crippen LogP contribution in [0.25, 0.3) is 0 Å². The molecule has 1 atom stereocenters. The number of rotatable bonds is 6. The molecule has 1 aliphatic heterocycles. The molecule has 2 amide bonds. The Hall–Kier alpha value is -2.50. The van der Waals surface area contributed by atoms with Gasteiger partial charge in [0.05, 0.1) is 16.6 Å². The molecule has 0 fully saturated rings. The zero-order valence-corrected chi connectivity index (χ0v) is 18.0. The monoisotopic (exact) mass is 411 g/mol. The van der Waals surface area contributed by atoms with Gasteiger partial charge < -0.3 is 4.90 Å². The van der Waals surface area contributed by atoms with E-state index in [2.05, 4.69) is 23.7 Å². The number of imide groups is 1. The van der Waals surface area contributed by atoms with E-state index in [4.69, 9.17) is 11.6 Å². The van der Waals surface area contributed by atoms with Gasteiger partial charge in [-0.15, -0.1) is 0 Å². The Labute approximate surface area is 177 Å². The van der Waals surface area contributed by atoms with E-state index >= 15 is 0 Å². The first-order valence-corrected chi connectivity index (χ1v) is 9.95. The Bertz CT molecular complexity index is 953. The normalized spacial score (nSPS) is 17.3. The van der Waals surface area contributed by atoms with Crippen LogP contribution in [-0.4, -0.2) is 50.1 Å². The lowest BCUT2D eigenvalue weighted by Gasteiger charge is -2.31. The largest absolute Gasteiger partial charge is 0.309 e. The molecule has 0 bridgehead atoms. The van der Waals surface area contributed by atoms with E-state index in [9.17, 15) is 9.59 Å². The number of hydrogen-bond acceptors (Lipinski definition) is 4. The number of carbonyl (C=O) groups excluding carboxylic acids is 2. The minimum atomic E-state index is -0.629. The van der Waals surface area contributed by atoms with E-state index in [-0.39, 0.29) is 17.2 Å². The van der Waals surface area contributed by atoms with Crippen molar-refractivity contribution in [2.45, 2.75) is 19.8 Å². The number of carbonyl (C=O) groups is 2. The maximum atomic E-state index is 13.3. The van der Waals surface area contributed by atoms with Gasteiger partial charge in [0.2, 0.25) is 5.91 Å². The Morgan fingerprint density at radius 2 is 1.76 bits per heavy atom. The number of benzene rings is 2. The van der Waals surface area contributed by atoms with Crippen molar-refractivity contribution >= 4 is 35.3 Å². The van der Waals surface area contributed by atoms with Gasteiger partial charge in [-0.1, -0.05) is 55.8 Å². The quantitative estimate of drug-likeness (QED) is 0.527. The third-order valence-electron chi connectivity index (χ3n) is 4.83. The molecule has 152 valence electrons. The molecule has 0 saturated carbocycles. The molecule has 29 heavy (non-hydrogen) atoms. The maximum Gasteiger partial charge on any atom is 0.265 e. The predicted molar refractivity (Wildman–Crippen MR) is 118 cm³/mol. The molecule has 2 aromatic carbocycles. The first-order valence-electron chi connectivity index (χ1n) is 9.58. The van der Waals surface area contributed by atoms with Gasteiger partial charge in [0.25, 0.3) is 5.91 Å². The summed E-state index contributed by atoms with van der Waals surface area (Å²) in [7, 11) is 4.05. The fraction of sp³-hybridized carbons (Fsp3) is 0.348. The number of fused-ring (bicyclic) bond motifs is 1. The van der Waals surface area contributed by atoms with Crippen molar-refractivity contribution in [1.29, 1.82) is 0 Å². The van der Waals surface area contributed by atoms with Gasteiger partial charge in [-0.2, -0.15) is 0 Å². The molecule has 6 heteroatoms. The highest BCUT2D eigenvalue weighted by Gasteiger charge is 2.39. The summed E-state index contributed by atoms with van der Waals surface area (Å²) in [4.78, 5) is 34.3. The second-order valence-corrected chi connectivity index (χ2v) is 8.79. The molecule has 1 aliphatic rings. The van der Waals surface area contributed by atoms with Gasteiger partial charge >= 0.3 is 0 Å². The molecule has 0 spiro atoms. The molecule has 0 aliphatic carbocycles. The number of para-hydroxylation sites is 1. The van der Waals surface area contributed by atoms with E-state index < -0.39 is 5.92 Å². The molecule has 3 rings (SSSR count). The number of halogens is 1. The summed E-state index contributed by atoms with van der Waals surface area (Å²) in [5.41, 5.74) is 1.54. The van der Waals surface area contributed by atoms with Crippen LogP contribution in [-0.2, 0) is 4.79 Å². The lowest BCUT2D eigenvalue weighted by molar-refractivity contribution is -0.118. The summed E-state index contributed by atoms with van der Waals surface area (Å²) >= 11 is 6.29. The fourth-order valence-electron chi connectivity index (χ4n) is 3.77. The van der Waals surface area contributed by atoms with Crippen molar-refractivity contribution in [1.82, 2.24) is 4.90 Å². The second-order valence-electron chi connectivity index (χ2n) is 8.39. The molecular formula is C23H26ClN3O2. The number of aliphatic imine (C=N–C) groups is 1. The molecule has 1 unspecified atom stereocenters. The number of nitrogens with zero attached hydrogens (tertiary/aromatic N) is 3. The summed E-state index contributed by atoms with van der Waals surface area (Å²) in [5.74, 6) is -1.33. The lowest BCUT2D eigenvalue weighted by atomic mass is 9.88. The minimum absolute atomic E-state index is 0.0323. The highest BCUT2D eigenvalue weighted by Crippen LogP contribution is 2.35. The van der Waals surface area contributed by atoms with Crippen LogP contribution in [0.1, 0.15) is 35.7 Å². The van der Waals surface area contributed by atoms with Gasteiger partial charge in [0.15, 0.2) is 0 Å². The highest BCUT2D eigenvalue weighted by atomic mass is 35.5. The molecular weight excluding hydrogens is 386 g/mol. The van der Waals surface area contributed by atoms with Gasteiger partial charge in [0.1, 0.15) is 0 Å². The minimum Gasteiger partial charge on any atom is -0.309 e. The number of amides is 2. The Balaban J connectivity index is 1.97.